The molecule has 0 atom stereocenters. The Bertz CT molecular complexity index is 488. The van der Waals surface area contributed by atoms with E-state index in [9.17, 15) is 0 Å². The van der Waals surface area contributed by atoms with Crippen LogP contribution in [0.1, 0.15) is 18.2 Å². The number of nitrogens with one attached hydrogen (secondary N) is 1. The van der Waals surface area contributed by atoms with Crippen molar-refractivity contribution in [2.24, 2.45) is 0 Å². The molecule has 2 rings (SSSR count). The van der Waals surface area contributed by atoms with E-state index in [1.165, 1.54) is 4.88 Å². The van der Waals surface area contributed by atoms with Crippen LogP contribution >= 0.6 is 34.5 Å². The van der Waals surface area contributed by atoms with Crippen LogP contribution in [0.2, 0.25) is 10.0 Å². The van der Waals surface area contributed by atoms with Gasteiger partial charge in [0, 0.05) is 20.6 Å². The van der Waals surface area contributed by atoms with Crippen molar-refractivity contribution in [1.82, 2.24) is 0 Å². The highest BCUT2D eigenvalue weighted by Gasteiger charge is 2.02. The topological polar surface area (TPSA) is 12.0 Å². The number of thiophene rings is 1. The zero-order valence-corrected chi connectivity index (χ0v) is 11.7. The lowest BCUT2D eigenvalue weighted by molar-refractivity contribution is 0.940. The van der Waals surface area contributed by atoms with E-state index >= 15 is 0 Å². The van der Waals surface area contributed by atoms with Gasteiger partial charge in [-0.3, -0.25) is 0 Å². The van der Waals surface area contributed by atoms with Gasteiger partial charge < -0.3 is 5.32 Å². The van der Waals surface area contributed by atoms with Crippen molar-refractivity contribution in [2.45, 2.75) is 19.8 Å². The summed E-state index contributed by atoms with van der Waals surface area (Å²) < 4.78 is 0. The highest BCUT2D eigenvalue weighted by Crippen LogP contribution is 2.27. The van der Waals surface area contributed by atoms with Crippen LogP contribution < -0.4 is 5.32 Å². The molecule has 2 aromatic rings. The molecule has 0 fully saturated rings. The number of benzene rings is 1. The van der Waals surface area contributed by atoms with Crippen LogP contribution in [-0.2, 0) is 6.42 Å². The first-order valence-corrected chi connectivity index (χ1v) is 6.98. The van der Waals surface area contributed by atoms with Gasteiger partial charge in [0.2, 0.25) is 0 Å². The lowest BCUT2D eigenvalue weighted by atomic mass is 10.2. The first-order valence-electron chi connectivity index (χ1n) is 5.41. The second-order valence-electron chi connectivity index (χ2n) is 3.76. The van der Waals surface area contributed by atoms with Crippen molar-refractivity contribution in [3.63, 3.8) is 0 Å². The average molecular weight is 285 g/mol. The molecule has 0 saturated carbocycles. The summed E-state index contributed by atoms with van der Waals surface area (Å²) in [5.74, 6) is 0. The lowest BCUT2D eigenvalue weighted by Gasteiger charge is -2.04. The predicted octanol–water partition coefficient (Wildman–Crippen LogP) is 5.55. The molecule has 0 spiro atoms. The predicted molar refractivity (Wildman–Crippen MR) is 76.9 cm³/mol. The molecule has 1 aromatic carbocycles. The quantitative estimate of drug-likeness (QED) is 0.776. The average Bonchev–Trinajstić information content (AvgIpc) is 2.64. The van der Waals surface area contributed by atoms with Crippen LogP contribution in [0.15, 0.2) is 24.3 Å². The van der Waals surface area contributed by atoms with Crippen molar-refractivity contribution in [1.29, 1.82) is 0 Å². The minimum atomic E-state index is 0.629. The van der Waals surface area contributed by atoms with E-state index in [-0.39, 0.29) is 0 Å². The van der Waals surface area contributed by atoms with Crippen LogP contribution in [0.4, 0.5) is 11.4 Å². The zero-order chi connectivity index (χ0) is 12.3. The number of halogens is 2. The molecular formula is C13H12Cl2NS. The van der Waals surface area contributed by atoms with E-state index in [4.69, 9.17) is 23.2 Å². The van der Waals surface area contributed by atoms with Crippen LogP contribution in [0.5, 0.6) is 0 Å². The van der Waals surface area contributed by atoms with Gasteiger partial charge in [-0.2, -0.15) is 0 Å². The standard InChI is InChI=1S/C13H12Cl2NS/c1-2-3-13-7-12(8-17-13)16-11-5-9(14)4-10(15)6-11/h4-7,16H,2-3H2,1H3. The molecule has 1 aromatic heterocycles. The first kappa shape index (κ1) is 12.7. The van der Waals surface area contributed by atoms with Gasteiger partial charge in [-0.05, 0) is 30.7 Å². The summed E-state index contributed by atoms with van der Waals surface area (Å²) in [6, 6.07) is 7.52. The maximum Gasteiger partial charge on any atom is 0.0701 e. The highest BCUT2D eigenvalue weighted by atomic mass is 35.5. The summed E-state index contributed by atoms with van der Waals surface area (Å²) in [6.45, 7) is 2.17. The van der Waals surface area contributed by atoms with Gasteiger partial charge in [-0.15, -0.1) is 11.3 Å². The van der Waals surface area contributed by atoms with E-state index in [0.29, 0.717) is 10.0 Å². The Balaban J connectivity index is 2.13. The summed E-state index contributed by atoms with van der Waals surface area (Å²) in [4.78, 5) is 1.34. The Morgan fingerprint density at radius 3 is 2.53 bits per heavy atom. The number of aryl methyl sites for hydroxylation is 1. The minimum Gasteiger partial charge on any atom is -0.354 e. The molecule has 0 aliphatic rings. The van der Waals surface area contributed by atoms with Crippen LogP contribution in [0.25, 0.3) is 0 Å². The molecule has 1 nitrogen and oxygen atoms in total. The molecule has 1 N–H and O–H groups in total. The maximum absolute atomic E-state index is 5.94. The smallest absolute Gasteiger partial charge is 0.0701 e. The molecule has 17 heavy (non-hydrogen) atoms. The lowest BCUT2D eigenvalue weighted by Crippen LogP contribution is -1.88. The molecular weight excluding hydrogens is 273 g/mol. The fraction of sp³-hybridized carbons (Fsp3) is 0.231. The summed E-state index contributed by atoms with van der Waals surface area (Å²) >= 11 is 13.5. The highest BCUT2D eigenvalue weighted by molar-refractivity contribution is 7.09. The summed E-state index contributed by atoms with van der Waals surface area (Å²) in [6.07, 6.45) is 2.25. The number of rotatable bonds is 4. The molecule has 0 amide bonds. The van der Waals surface area contributed by atoms with Crippen LogP contribution in [0.3, 0.4) is 0 Å². The van der Waals surface area contributed by atoms with Crippen LogP contribution in [0, 0.1) is 5.38 Å². The van der Waals surface area contributed by atoms with Crippen molar-refractivity contribution in [3.05, 3.63) is 44.6 Å². The van der Waals surface area contributed by atoms with Gasteiger partial charge in [0.25, 0.3) is 0 Å². The first-order chi connectivity index (χ1) is 8.17. The van der Waals surface area contributed by atoms with Crippen molar-refractivity contribution < 1.29 is 0 Å². The molecule has 0 saturated heterocycles. The molecule has 89 valence electrons. The van der Waals surface area contributed by atoms with E-state index < -0.39 is 0 Å². The number of hydrogen-bond donors (Lipinski definition) is 1. The van der Waals surface area contributed by atoms with Crippen molar-refractivity contribution >= 4 is 45.9 Å². The number of anilines is 2. The van der Waals surface area contributed by atoms with Gasteiger partial charge in [0.05, 0.1) is 11.1 Å². The molecule has 1 radical (unpaired) electrons. The van der Waals surface area contributed by atoms with Crippen molar-refractivity contribution in [3.8, 4) is 0 Å². The summed E-state index contributed by atoms with van der Waals surface area (Å²) in [5, 5.41) is 7.73. The number of hydrogen-bond acceptors (Lipinski definition) is 2. The van der Waals surface area contributed by atoms with E-state index in [1.54, 1.807) is 17.4 Å². The molecule has 0 unspecified atom stereocenters. The fourth-order valence-corrected chi connectivity index (χ4v) is 2.91. The van der Waals surface area contributed by atoms with Gasteiger partial charge in [-0.1, -0.05) is 36.5 Å². The zero-order valence-electron chi connectivity index (χ0n) is 9.39. The molecule has 1 heterocycles. The molecule has 4 heteroatoms. The second-order valence-corrected chi connectivity index (χ2v) is 5.57. The van der Waals surface area contributed by atoms with E-state index in [1.807, 2.05) is 12.1 Å². The Morgan fingerprint density at radius 1 is 1.18 bits per heavy atom. The normalized spacial score (nSPS) is 10.5. The Morgan fingerprint density at radius 2 is 1.88 bits per heavy atom. The summed E-state index contributed by atoms with van der Waals surface area (Å²) in [5.41, 5.74) is 1.86. The third kappa shape index (κ3) is 3.63. The second kappa shape index (κ2) is 5.76. The third-order valence-corrected chi connectivity index (χ3v) is 3.58. The van der Waals surface area contributed by atoms with Gasteiger partial charge in [-0.25, -0.2) is 0 Å². The van der Waals surface area contributed by atoms with Gasteiger partial charge in [0.1, 0.15) is 0 Å². The monoisotopic (exact) mass is 284 g/mol. The Labute approximate surface area is 115 Å². The Kier molecular flexibility index (Phi) is 4.32. The minimum absolute atomic E-state index is 0.629. The van der Waals surface area contributed by atoms with E-state index in [0.717, 1.165) is 24.2 Å². The largest absolute Gasteiger partial charge is 0.354 e. The van der Waals surface area contributed by atoms with Crippen molar-refractivity contribution in [2.75, 3.05) is 5.32 Å². The Hall–Kier alpha value is -0.700. The third-order valence-electron chi connectivity index (χ3n) is 2.24. The van der Waals surface area contributed by atoms with E-state index in [2.05, 4.69) is 23.7 Å². The van der Waals surface area contributed by atoms with Crippen LogP contribution in [-0.4, -0.2) is 0 Å². The van der Waals surface area contributed by atoms with Gasteiger partial charge in [0.15, 0.2) is 0 Å². The SMILES string of the molecule is CCCc1cc(Nc2cc(Cl)cc(Cl)c2)[c]s1. The molecule has 0 aliphatic carbocycles. The molecule has 0 aliphatic heterocycles. The van der Waals surface area contributed by atoms with Gasteiger partial charge >= 0.3 is 0 Å². The summed E-state index contributed by atoms with van der Waals surface area (Å²) in [7, 11) is 0. The molecule has 0 bridgehead atoms. The maximum atomic E-state index is 5.94. The fourth-order valence-electron chi connectivity index (χ4n) is 1.55.